The number of phenolic OH excluding ortho intramolecular Hbond substituents is 1. The molecule has 0 radical (unpaired) electrons. The van der Waals surface area contributed by atoms with E-state index in [1.807, 2.05) is 79.1 Å². The first-order valence-electron chi connectivity index (χ1n) is 10.3. The van der Waals surface area contributed by atoms with Crippen LogP contribution in [-0.2, 0) is 11.3 Å². The van der Waals surface area contributed by atoms with E-state index in [1.54, 1.807) is 12.1 Å². The van der Waals surface area contributed by atoms with Crippen LogP contribution in [0.3, 0.4) is 0 Å². The van der Waals surface area contributed by atoms with Crippen LogP contribution >= 0.6 is 11.8 Å². The Bertz CT molecular complexity index is 1240. The van der Waals surface area contributed by atoms with E-state index in [0.717, 1.165) is 22.4 Å². The van der Waals surface area contributed by atoms with Crippen LogP contribution in [0.1, 0.15) is 16.7 Å². The van der Waals surface area contributed by atoms with Crippen molar-refractivity contribution in [2.24, 2.45) is 0 Å². The van der Waals surface area contributed by atoms with E-state index in [0.29, 0.717) is 23.1 Å². The number of carbonyl (C=O) groups is 1. The van der Waals surface area contributed by atoms with Crippen molar-refractivity contribution < 1.29 is 9.90 Å². The number of hydrogen-bond donors (Lipinski definition) is 2. The van der Waals surface area contributed by atoms with Gasteiger partial charge in [-0.05, 0) is 48.7 Å². The van der Waals surface area contributed by atoms with Gasteiger partial charge < -0.3 is 10.4 Å². The van der Waals surface area contributed by atoms with Gasteiger partial charge in [-0.3, -0.25) is 9.36 Å². The van der Waals surface area contributed by atoms with E-state index in [9.17, 15) is 9.90 Å². The largest absolute Gasteiger partial charge is 0.507 e. The first kappa shape index (κ1) is 21.6. The normalized spacial score (nSPS) is 10.8. The van der Waals surface area contributed by atoms with E-state index in [1.165, 1.54) is 11.8 Å². The van der Waals surface area contributed by atoms with Crippen LogP contribution in [0, 0.1) is 13.8 Å². The van der Waals surface area contributed by atoms with Gasteiger partial charge in [0.25, 0.3) is 0 Å². The molecule has 1 amide bonds. The molecule has 162 valence electrons. The van der Waals surface area contributed by atoms with Gasteiger partial charge in [0.15, 0.2) is 11.0 Å². The SMILES string of the molecule is Cc1cccc(NC(=O)CSc2nnc(-c3ccccc3O)n2Cc2ccccc2)c1C. The number of aryl methyl sites for hydroxylation is 1. The van der Waals surface area contributed by atoms with Crippen molar-refractivity contribution in [2.45, 2.75) is 25.5 Å². The van der Waals surface area contributed by atoms with Crippen molar-refractivity contribution in [1.82, 2.24) is 14.8 Å². The Hall–Kier alpha value is -3.58. The molecule has 0 atom stereocenters. The van der Waals surface area contributed by atoms with Gasteiger partial charge in [0.1, 0.15) is 5.75 Å². The number of hydrogen-bond acceptors (Lipinski definition) is 5. The lowest BCUT2D eigenvalue weighted by Crippen LogP contribution is -2.15. The van der Waals surface area contributed by atoms with E-state index in [4.69, 9.17) is 0 Å². The van der Waals surface area contributed by atoms with Gasteiger partial charge in [0.05, 0.1) is 17.9 Å². The molecule has 3 aromatic carbocycles. The second-order valence-electron chi connectivity index (χ2n) is 7.48. The molecule has 0 bridgehead atoms. The number of aromatic hydroxyl groups is 1. The van der Waals surface area contributed by atoms with Crippen LogP contribution in [0.2, 0.25) is 0 Å². The van der Waals surface area contributed by atoms with Gasteiger partial charge in [-0.1, -0.05) is 66.4 Å². The molecule has 0 saturated heterocycles. The summed E-state index contributed by atoms with van der Waals surface area (Å²) >= 11 is 1.32. The number of rotatable bonds is 7. The lowest BCUT2D eigenvalue weighted by atomic mass is 10.1. The predicted octanol–water partition coefficient (Wildman–Crippen LogP) is 5.05. The zero-order valence-electron chi connectivity index (χ0n) is 17.9. The van der Waals surface area contributed by atoms with Gasteiger partial charge in [-0.15, -0.1) is 10.2 Å². The molecular formula is C25H24N4O2S. The number of para-hydroxylation sites is 1. The minimum absolute atomic E-state index is 0.109. The zero-order chi connectivity index (χ0) is 22.5. The lowest BCUT2D eigenvalue weighted by Gasteiger charge is -2.12. The number of benzene rings is 3. The number of anilines is 1. The molecule has 0 fully saturated rings. The molecule has 0 unspecified atom stereocenters. The summed E-state index contributed by atoms with van der Waals surface area (Å²) in [4.78, 5) is 12.6. The lowest BCUT2D eigenvalue weighted by molar-refractivity contribution is -0.113. The van der Waals surface area contributed by atoms with Crippen LogP contribution in [0.5, 0.6) is 5.75 Å². The molecule has 2 N–H and O–H groups in total. The molecule has 4 aromatic rings. The first-order chi connectivity index (χ1) is 15.5. The predicted molar refractivity (Wildman–Crippen MR) is 128 cm³/mol. The molecule has 32 heavy (non-hydrogen) atoms. The fourth-order valence-electron chi connectivity index (χ4n) is 3.37. The molecule has 0 aliphatic rings. The highest BCUT2D eigenvalue weighted by atomic mass is 32.2. The van der Waals surface area contributed by atoms with Gasteiger partial charge >= 0.3 is 0 Å². The number of nitrogens with one attached hydrogen (secondary N) is 1. The van der Waals surface area contributed by atoms with Crippen LogP contribution in [-0.4, -0.2) is 31.5 Å². The summed E-state index contributed by atoms with van der Waals surface area (Å²) in [7, 11) is 0. The number of nitrogens with zero attached hydrogens (tertiary/aromatic N) is 3. The van der Waals surface area contributed by atoms with Crippen LogP contribution in [0.25, 0.3) is 11.4 Å². The number of amides is 1. The summed E-state index contributed by atoms with van der Waals surface area (Å²) in [5, 5.41) is 22.6. The van der Waals surface area contributed by atoms with Gasteiger partial charge in [-0.25, -0.2) is 0 Å². The smallest absolute Gasteiger partial charge is 0.234 e. The molecule has 7 heteroatoms. The maximum Gasteiger partial charge on any atom is 0.234 e. The Morgan fingerprint density at radius 2 is 1.72 bits per heavy atom. The Balaban J connectivity index is 1.57. The fraction of sp³-hybridized carbons (Fsp3) is 0.160. The van der Waals surface area contributed by atoms with Crippen molar-refractivity contribution in [3.05, 3.63) is 89.5 Å². The average molecular weight is 445 g/mol. The van der Waals surface area contributed by atoms with Gasteiger partial charge in [0.2, 0.25) is 5.91 Å². The third kappa shape index (κ3) is 4.84. The number of carbonyl (C=O) groups excluding carboxylic acids is 1. The summed E-state index contributed by atoms with van der Waals surface area (Å²) in [5.41, 5.74) is 4.68. The number of thioether (sulfide) groups is 1. The molecule has 0 aliphatic carbocycles. The minimum Gasteiger partial charge on any atom is -0.507 e. The maximum absolute atomic E-state index is 12.6. The van der Waals surface area contributed by atoms with E-state index in [-0.39, 0.29) is 17.4 Å². The Morgan fingerprint density at radius 3 is 2.50 bits per heavy atom. The Labute approximate surface area is 191 Å². The van der Waals surface area contributed by atoms with E-state index < -0.39 is 0 Å². The third-order valence-corrected chi connectivity index (χ3v) is 6.22. The maximum atomic E-state index is 12.6. The Kier molecular flexibility index (Phi) is 6.56. The van der Waals surface area contributed by atoms with Crippen LogP contribution < -0.4 is 5.32 Å². The third-order valence-electron chi connectivity index (χ3n) is 5.26. The quantitative estimate of drug-likeness (QED) is 0.390. The topological polar surface area (TPSA) is 80.0 Å². The van der Waals surface area contributed by atoms with Crippen LogP contribution in [0.15, 0.2) is 78.0 Å². The molecular weight excluding hydrogens is 420 g/mol. The molecule has 4 rings (SSSR count). The van der Waals surface area contributed by atoms with Gasteiger partial charge in [-0.2, -0.15) is 0 Å². The van der Waals surface area contributed by atoms with Crippen LogP contribution in [0.4, 0.5) is 5.69 Å². The average Bonchev–Trinajstić information content (AvgIpc) is 3.18. The van der Waals surface area contributed by atoms with Crippen molar-refractivity contribution in [3.63, 3.8) is 0 Å². The second-order valence-corrected chi connectivity index (χ2v) is 8.42. The number of aromatic nitrogens is 3. The highest BCUT2D eigenvalue weighted by molar-refractivity contribution is 7.99. The first-order valence-corrected chi connectivity index (χ1v) is 11.3. The highest BCUT2D eigenvalue weighted by Gasteiger charge is 2.18. The van der Waals surface area contributed by atoms with E-state index in [2.05, 4.69) is 15.5 Å². The van der Waals surface area contributed by atoms with Crippen molar-refractivity contribution in [2.75, 3.05) is 11.1 Å². The molecule has 1 heterocycles. The summed E-state index contributed by atoms with van der Waals surface area (Å²) in [6.45, 7) is 4.54. The molecule has 0 aliphatic heterocycles. The highest BCUT2D eigenvalue weighted by Crippen LogP contribution is 2.31. The summed E-state index contributed by atoms with van der Waals surface area (Å²) in [6.07, 6.45) is 0. The fourth-order valence-corrected chi connectivity index (χ4v) is 4.11. The zero-order valence-corrected chi connectivity index (χ0v) is 18.8. The number of phenols is 1. The Morgan fingerprint density at radius 1 is 0.969 bits per heavy atom. The van der Waals surface area contributed by atoms with E-state index >= 15 is 0 Å². The van der Waals surface area contributed by atoms with Crippen molar-refractivity contribution >= 4 is 23.4 Å². The molecule has 0 saturated carbocycles. The molecule has 0 spiro atoms. The van der Waals surface area contributed by atoms with Crippen molar-refractivity contribution in [3.8, 4) is 17.1 Å². The summed E-state index contributed by atoms with van der Waals surface area (Å²) in [5.74, 6) is 0.783. The standard InChI is InChI=1S/C25H24N4O2S/c1-17-9-8-13-21(18(17)2)26-23(31)16-32-25-28-27-24(20-12-6-7-14-22(20)30)29(25)15-19-10-4-3-5-11-19/h3-14,30H,15-16H2,1-2H3,(H,26,31). The van der Waals surface area contributed by atoms with Gasteiger partial charge in [0, 0.05) is 5.69 Å². The van der Waals surface area contributed by atoms with Crippen molar-refractivity contribution in [1.29, 1.82) is 0 Å². The summed E-state index contributed by atoms with van der Waals surface area (Å²) in [6, 6.07) is 22.9. The molecule has 6 nitrogen and oxygen atoms in total. The monoisotopic (exact) mass is 444 g/mol. The second kappa shape index (κ2) is 9.70. The summed E-state index contributed by atoms with van der Waals surface area (Å²) < 4.78 is 1.93. The molecule has 1 aromatic heterocycles. The minimum atomic E-state index is -0.109.